The molecule has 20 heavy (non-hydrogen) atoms. The van der Waals surface area contributed by atoms with Gasteiger partial charge in [0.25, 0.3) is 0 Å². The summed E-state index contributed by atoms with van der Waals surface area (Å²) in [6, 6.07) is -0.332. The van der Waals surface area contributed by atoms with Crippen molar-refractivity contribution in [1.82, 2.24) is 4.90 Å². The molecule has 5 heteroatoms. The van der Waals surface area contributed by atoms with Crippen LogP contribution in [0.3, 0.4) is 0 Å². The molecule has 0 aliphatic carbocycles. The molecule has 1 fully saturated rings. The zero-order valence-electron chi connectivity index (χ0n) is 13.5. The number of carbonyl (C=O) groups excluding carboxylic acids is 2. The van der Waals surface area contributed by atoms with Gasteiger partial charge in [0.05, 0.1) is 6.54 Å². The van der Waals surface area contributed by atoms with Crippen molar-refractivity contribution in [3.8, 4) is 0 Å². The zero-order valence-corrected chi connectivity index (χ0v) is 13.5. The maximum Gasteiger partial charge on any atom is 0.323 e. The van der Waals surface area contributed by atoms with Crippen LogP contribution in [-0.4, -0.2) is 47.2 Å². The van der Waals surface area contributed by atoms with Crippen LogP contribution in [-0.2, 0) is 19.1 Å². The van der Waals surface area contributed by atoms with Gasteiger partial charge in [-0.2, -0.15) is 0 Å². The predicted molar refractivity (Wildman–Crippen MR) is 76.3 cm³/mol. The van der Waals surface area contributed by atoms with Crippen molar-refractivity contribution >= 4 is 11.9 Å². The second-order valence-corrected chi connectivity index (χ2v) is 7.25. The fraction of sp³-hybridized carbons (Fsp3) is 0.867. The maximum absolute atomic E-state index is 12.1. The molecule has 1 atom stereocenters. The average Bonchev–Trinajstić information content (AvgIpc) is 2.59. The van der Waals surface area contributed by atoms with Gasteiger partial charge >= 0.3 is 11.9 Å². The molecule has 0 radical (unpaired) electrons. The van der Waals surface area contributed by atoms with Crippen LogP contribution in [0.25, 0.3) is 0 Å². The average molecular weight is 285 g/mol. The van der Waals surface area contributed by atoms with Gasteiger partial charge in [-0.25, -0.2) is 0 Å². The van der Waals surface area contributed by atoms with E-state index in [2.05, 4.69) is 0 Å². The second-order valence-electron chi connectivity index (χ2n) is 7.25. The molecule has 1 saturated heterocycles. The summed E-state index contributed by atoms with van der Waals surface area (Å²) in [7, 11) is 0. The molecule has 0 aromatic heterocycles. The van der Waals surface area contributed by atoms with Gasteiger partial charge in [-0.15, -0.1) is 0 Å². The maximum atomic E-state index is 12.1. The Hall–Kier alpha value is -1.10. The van der Waals surface area contributed by atoms with Crippen molar-refractivity contribution in [2.75, 3.05) is 13.1 Å². The Balaban J connectivity index is 2.57. The molecule has 1 heterocycles. The topological polar surface area (TPSA) is 55.8 Å². The van der Waals surface area contributed by atoms with E-state index in [1.165, 1.54) is 0 Å². The molecule has 5 nitrogen and oxygen atoms in total. The number of esters is 2. The van der Waals surface area contributed by atoms with Crippen LogP contribution in [0.5, 0.6) is 0 Å². The molecule has 0 amide bonds. The molecule has 1 aliphatic rings. The summed E-state index contributed by atoms with van der Waals surface area (Å²) in [5.41, 5.74) is -1.00. The molecule has 116 valence electrons. The van der Waals surface area contributed by atoms with E-state index >= 15 is 0 Å². The third-order valence-corrected chi connectivity index (χ3v) is 2.79. The van der Waals surface area contributed by atoms with Gasteiger partial charge in [0.1, 0.15) is 17.2 Å². The van der Waals surface area contributed by atoms with E-state index in [0.717, 1.165) is 19.4 Å². The van der Waals surface area contributed by atoms with Crippen molar-refractivity contribution in [1.29, 1.82) is 0 Å². The summed E-state index contributed by atoms with van der Waals surface area (Å²) >= 11 is 0. The molecule has 0 aromatic rings. The standard InChI is InChI=1S/C15H27NO4/c1-14(2,3)19-12(17)10-16-9-7-8-11(16)13(18)20-15(4,5)6/h11H,7-10H2,1-6H3/t11-/m0/s1. The third-order valence-electron chi connectivity index (χ3n) is 2.79. The smallest absolute Gasteiger partial charge is 0.323 e. The molecule has 1 aliphatic heterocycles. The Morgan fingerprint density at radius 1 is 1.05 bits per heavy atom. The number of hydrogen-bond acceptors (Lipinski definition) is 5. The number of rotatable bonds is 3. The van der Waals surface area contributed by atoms with E-state index in [-0.39, 0.29) is 24.5 Å². The highest BCUT2D eigenvalue weighted by Gasteiger charge is 2.35. The van der Waals surface area contributed by atoms with Crippen LogP contribution in [0, 0.1) is 0 Å². The quantitative estimate of drug-likeness (QED) is 0.744. The molecule has 1 rings (SSSR count). The van der Waals surface area contributed by atoms with Gasteiger partial charge in [-0.05, 0) is 60.9 Å². The highest BCUT2D eigenvalue weighted by Crippen LogP contribution is 2.21. The first-order valence-electron chi connectivity index (χ1n) is 7.17. The lowest BCUT2D eigenvalue weighted by Crippen LogP contribution is -2.43. The van der Waals surface area contributed by atoms with Crippen LogP contribution in [0.4, 0.5) is 0 Å². The number of ether oxygens (including phenoxy) is 2. The van der Waals surface area contributed by atoms with Crippen LogP contribution in [0.1, 0.15) is 54.4 Å². The minimum Gasteiger partial charge on any atom is -0.459 e. The highest BCUT2D eigenvalue weighted by atomic mass is 16.6. The van der Waals surface area contributed by atoms with Gasteiger partial charge in [-0.3, -0.25) is 14.5 Å². The molecule has 0 saturated carbocycles. The number of carbonyl (C=O) groups is 2. The van der Waals surface area contributed by atoms with E-state index in [9.17, 15) is 9.59 Å². The van der Waals surface area contributed by atoms with E-state index in [0.29, 0.717) is 0 Å². The summed E-state index contributed by atoms with van der Waals surface area (Å²) < 4.78 is 10.7. The first-order chi connectivity index (χ1) is 8.98. The summed E-state index contributed by atoms with van der Waals surface area (Å²) in [6.07, 6.45) is 1.63. The number of likely N-dealkylation sites (tertiary alicyclic amines) is 1. The Morgan fingerprint density at radius 2 is 1.60 bits per heavy atom. The summed E-state index contributed by atoms with van der Waals surface area (Å²) in [6.45, 7) is 11.9. The van der Waals surface area contributed by atoms with Gasteiger partial charge in [0.2, 0.25) is 0 Å². The van der Waals surface area contributed by atoms with Gasteiger partial charge in [-0.1, -0.05) is 0 Å². The molecule has 0 bridgehead atoms. The van der Waals surface area contributed by atoms with Gasteiger partial charge in [0, 0.05) is 0 Å². The minimum atomic E-state index is -0.503. The minimum absolute atomic E-state index is 0.140. The van der Waals surface area contributed by atoms with Crippen molar-refractivity contribution in [3.63, 3.8) is 0 Å². The fourth-order valence-electron chi connectivity index (χ4n) is 2.19. The first-order valence-corrected chi connectivity index (χ1v) is 7.17. The van der Waals surface area contributed by atoms with Gasteiger partial charge in [0.15, 0.2) is 0 Å². The Labute approximate surface area is 121 Å². The normalized spacial score (nSPS) is 20.8. The Morgan fingerprint density at radius 3 is 2.10 bits per heavy atom. The molecule has 0 N–H and O–H groups in total. The molecule has 0 spiro atoms. The van der Waals surface area contributed by atoms with E-state index in [1.807, 2.05) is 46.4 Å². The number of nitrogens with zero attached hydrogens (tertiary/aromatic N) is 1. The van der Waals surface area contributed by atoms with Crippen LogP contribution in [0.2, 0.25) is 0 Å². The van der Waals surface area contributed by atoms with Crippen molar-refractivity contribution in [2.45, 2.75) is 71.6 Å². The summed E-state index contributed by atoms with van der Waals surface area (Å²) in [5.74, 6) is -0.550. The van der Waals surface area contributed by atoms with Gasteiger partial charge < -0.3 is 9.47 Å². The molecular weight excluding hydrogens is 258 g/mol. The SMILES string of the molecule is CC(C)(C)OC(=O)CN1CCC[C@H]1C(=O)OC(C)(C)C. The third kappa shape index (κ3) is 5.90. The lowest BCUT2D eigenvalue weighted by Gasteiger charge is -2.27. The molecular formula is C15H27NO4. The fourth-order valence-corrected chi connectivity index (χ4v) is 2.19. The Kier molecular flexibility index (Phi) is 5.19. The zero-order chi connectivity index (χ0) is 15.6. The monoisotopic (exact) mass is 285 g/mol. The van der Waals surface area contributed by atoms with Crippen LogP contribution < -0.4 is 0 Å². The molecule has 0 aromatic carbocycles. The largest absolute Gasteiger partial charge is 0.459 e. The van der Waals surface area contributed by atoms with E-state index in [1.54, 1.807) is 0 Å². The van der Waals surface area contributed by atoms with Crippen molar-refractivity contribution < 1.29 is 19.1 Å². The van der Waals surface area contributed by atoms with Crippen molar-refractivity contribution in [3.05, 3.63) is 0 Å². The highest BCUT2D eigenvalue weighted by molar-refractivity contribution is 5.78. The molecule has 0 unspecified atom stereocenters. The lowest BCUT2D eigenvalue weighted by molar-refractivity contribution is -0.163. The van der Waals surface area contributed by atoms with E-state index in [4.69, 9.17) is 9.47 Å². The first kappa shape index (κ1) is 17.0. The van der Waals surface area contributed by atoms with E-state index < -0.39 is 11.2 Å². The Bertz CT molecular complexity index is 365. The summed E-state index contributed by atoms with van der Waals surface area (Å²) in [4.78, 5) is 25.8. The van der Waals surface area contributed by atoms with Crippen LogP contribution in [0.15, 0.2) is 0 Å². The lowest BCUT2D eigenvalue weighted by atomic mass is 10.1. The second kappa shape index (κ2) is 6.12. The van der Waals surface area contributed by atoms with Crippen LogP contribution >= 0.6 is 0 Å². The van der Waals surface area contributed by atoms with Crippen molar-refractivity contribution in [2.24, 2.45) is 0 Å². The predicted octanol–water partition coefficient (Wildman–Crippen LogP) is 2.13. The number of hydrogen-bond donors (Lipinski definition) is 0. The summed E-state index contributed by atoms with van der Waals surface area (Å²) in [5, 5.41) is 0.